The standard InChI is InChI=1S/C16H22N6OS/c1-13-12-17-15(24-13)20-9-6-19(7-10-20)8-11-22-16(23)21-5-3-2-4-14(21)18-22/h2-5,13H,6-12H2,1H3/t13-/m1/s1. The number of aromatic nitrogens is 3. The van der Waals surface area contributed by atoms with Gasteiger partial charge in [-0.05, 0) is 12.1 Å². The molecule has 8 heteroatoms. The van der Waals surface area contributed by atoms with Crippen LogP contribution >= 0.6 is 11.8 Å². The van der Waals surface area contributed by atoms with Crippen LogP contribution in [0.5, 0.6) is 0 Å². The number of aliphatic imine (C=N–C) groups is 1. The molecule has 24 heavy (non-hydrogen) atoms. The number of nitrogens with zero attached hydrogens (tertiary/aromatic N) is 6. The Morgan fingerprint density at radius 2 is 2.04 bits per heavy atom. The summed E-state index contributed by atoms with van der Waals surface area (Å²) in [7, 11) is 0. The fourth-order valence-corrected chi connectivity index (χ4v) is 4.14. The van der Waals surface area contributed by atoms with E-state index in [1.165, 1.54) is 5.17 Å². The lowest BCUT2D eigenvalue weighted by Crippen LogP contribution is -2.48. The minimum atomic E-state index is -0.0602. The number of rotatable bonds is 3. The van der Waals surface area contributed by atoms with Gasteiger partial charge in [0.1, 0.15) is 0 Å². The van der Waals surface area contributed by atoms with Gasteiger partial charge in [-0.2, -0.15) is 0 Å². The monoisotopic (exact) mass is 346 g/mol. The topological polar surface area (TPSA) is 58.1 Å². The summed E-state index contributed by atoms with van der Waals surface area (Å²) in [6.07, 6.45) is 1.76. The van der Waals surface area contributed by atoms with E-state index in [1.54, 1.807) is 15.3 Å². The third kappa shape index (κ3) is 3.08. The van der Waals surface area contributed by atoms with E-state index in [-0.39, 0.29) is 5.69 Å². The zero-order valence-electron chi connectivity index (χ0n) is 13.8. The Hall–Kier alpha value is -1.80. The van der Waals surface area contributed by atoms with E-state index >= 15 is 0 Å². The van der Waals surface area contributed by atoms with Gasteiger partial charge in [-0.25, -0.2) is 9.48 Å². The molecule has 0 unspecified atom stereocenters. The average molecular weight is 346 g/mol. The van der Waals surface area contributed by atoms with Crippen LogP contribution in [0.4, 0.5) is 0 Å². The van der Waals surface area contributed by atoms with E-state index in [1.807, 2.05) is 30.0 Å². The maximum absolute atomic E-state index is 12.3. The maximum atomic E-state index is 12.3. The molecule has 2 aliphatic heterocycles. The number of piperazine rings is 1. The third-order valence-corrected chi connectivity index (χ3v) is 5.70. The molecular weight excluding hydrogens is 324 g/mol. The van der Waals surface area contributed by atoms with Crippen LogP contribution < -0.4 is 5.69 Å². The molecule has 2 aliphatic rings. The van der Waals surface area contributed by atoms with E-state index < -0.39 is 0 Å². The number of hydrogen-bond acceptors (Lipinski definition) is 6. The van der Waals surface area contributed by atoms with Gasteiger partial charge in [-0.15, -0.1) is 5.10 Å². The first-order chi connectivity index (χ1) is 11.7. The van der Waals surface area contributed by atoms with Crippen molar-refractivity contribution >= 4 is 22.6 Å². The van der Waals surface area contributed by atoms with Crippen LogP contribution in [0.1, 0.15) is 6.92 Å². The second kappa shape index (κ2) is 6.60. The molecule has 4 heterocycles. The van der Waals surface area contributed by atoms with Gasteiger partial charge in [0.05, 0.1) is 13.1 Å². The molecule has 2 aromatic rings. The van der Waals surface area contributed by atoms with E-state index in [9.17, 15) is 4.79 Å². The van der Waals surface area contributed by atoms with Gasteiger partial charge in [0.2, 0.25) is 0 Å². The predicted octanol–water partition coefficient (Wildman–Crippen LogP) is 0.605. The molecule has 0 N–H and O–H groups in total. The Morgan fingerprint density at radius 1 is 1.21 bits per heavy atom. The lowest BCUT2D eigenvalue weighted by molar-refractivity contribution is 0.176. The van der Waals surface area contributed by atoms with Crippen LogP contribution in [0.25, 0.3) is 5.65 Å². The zero-order valence-corrected chi connectivity index (χ0v) is 14.7. The Morgan fingerprint density at radius 3 is 2.75 bits per heavy atom. The van der Waals surface area contributed by atoms with Crippen molar-refractivity contribution in [3.05, 3.63) is 34.9 Å². The van der Waals surface area contributed by atoms with Crippen molar-refractivity contribution in [1.29, 1.82) is 0 Å². The molecule has 0 spiro atoms. The molecule has 1 atom stereocenters. The highest BCUT2D eigenvalue weighted by Crippen LogP contribution is 2.23. The first-order valence-electron chi connectivity index (χ1n) is 8.43. The van der Waals surface area contributed by atoms with Gasteiger partial charge in [0, 0.05) is 44.2 Å². The Bertz CT molecular complexity index is 804. The highest BCUT2D eigenvalue weighted by molar-refractivity contribution is 8.14. The lowest BCUT2D eigenvalue weighted by atomic mass is 10.3. The van der Waals surface area contributed by atoms with E-state index in [2.05, 4.69) is 26.8 Å². The first-order valence-corrected chi connectivity index (χ1v) is 9.31. The molecule has 4 rings (SSSR count). The number of amidine groups is 1. The Kier molecular flexibility index (Phi) is 4.32. The molecule has 0 saturated carbocycles. The molecule has 0 aromatic carbocycles. The fourth-order valence-electron chi connectivity index (χ4n) is 3.15. The SMILES string of the molecule is C[C@@H]1CN=C(N2CCN(CCn3nc4ccccn4c3=O)CC2)S1. The fraction of sp³-hybridized carbons (Fsp3) is 0.562. The Balaban J connectivity index is 1.32. The normalized spacial score (nSPS) is 22.3. The van der Waals surface area contributed by atoms with Crippen molar-refractivity contribution in [3.8, 4) is 0 Å². The molecule has 0 bridgehead atoms. The Labute approximate surface area is 145 Å². The third-order valence-electron chi connectivity index (χ3n) is 4.55. The molecule has 2 aromatic heterocycles. The minimum absolute atomic E-state index is 0.0602. The van der Waals surface area contributed by atoms with Gasteiger partial charge >= 0.3 is 5.69 Å². The van der Waals surface area contributed by atoms with Crippen LogP contribution in [0.2, 0.25) is 0 Å². The van der Waals surface area contributed by atoms with Crippen molar-refractivity contribution < 1.29 is 0 Å². The summed E-state index contributed by atoms with van der Waals surface area (Å²) in [5.74, 6) is 0. The summed E-state index contributed by atoms with van der Waals surface area (Å²) in [6.45, 7) is 8.70. The molecular formula is C16H22N6OS. The lowest BCUT2D eigenvalue weighted by Gasteiger charge is -2.35. The van der Waals surface area contributed by atoms with Crippen LogP contribution in [-0.2, 0) is 6.54 Å². The van der Waals surface area contributed by atoms with Crippen LogP contribution in [0.3, 0.4) is 0 Å². The maximum Gasteiger partial charge on any atom is 0.350 e. The highest BCUT2D eigenvalue weighted by Gasteiger charge is 2.24. The zero-order chi connectivity index (χ0) is 16.5. The summed E-state index contributed by atoms with van der Waals surface area (Å²) in [5, 5.41) is 6.21. The van der Waals surface area contributed by atoms with Crippen LogP contribution in [0, 0.1) is 0 Å². The number of fused-ring (bicyclic) bond motifs is 1. The van der Waals surface area contributed by atoms with Crippen molar-refractivity contribution in [2.75, 3.05) is 39.3 Å². The van der Waals surface area contributed by atoms with Gasteiger partial charge in [-0.3, -0.25) is 14.3 Å². The highest BCUT2D eigenvalue weighted by atomic mass is 32.2. The summed E-state index contributed by atoms with van der Waals surface area (Å²) in [6, 6.07) is 5.61. The largest absolute Gasteiger partial charge is 0.350 e. The average Bonchev–Trinajstić information content (AvgIpc) is 3.18. The van der Waals surface area contributed by atoms with Gasteiger partial charge < -0.3 is 4.90 Å². The second-order valence-electron chi connectivity index (χ2n) is 6.31. The van der Waals surface area contributed by atoms with Gasteiger partial charge in [0.25, 0.3) is 0 Å². The van der Waals surface area contributed by atoms with Crippen molar-refractivity contribution in [2.24, 2.45) is 4.99 Å². The number of hydrogen-bond donors (Lipinski definition) is 0. The quantitative estimate of drug-likeness (QED) is 0.815. The first kappa shape index (κ1) is 15.7. The molecule has 0 amide bonds. The van der Waals surface area contributed by atoms with E-state index in [4.69, 9.17) is 0 Å². The number of thioether (sulfide) groups is 1. The molecule has 1 fully saturated rings. The molecule has 0 aliphatic carbocycles. The van der Waals surface area contributed by atoms with Crippen LogP contribution in [0.15, 0.2) is 34.2 Å². The van der Waals surface area contributed by atoms with Crippen LogP contribution in [-0.4, -0.2) is 73.7 Å². The second-order valence-corrected chi connectivity index (χ2v) is 7.72. The summed E-state index contributed by atoms with van der Waals surface area (Å²) < 4.78 is 3.16. The molecule has 1 saturated heterocycles. The van der Waals surface area contributed by atoms with Gasteiger partial charge in [0.15, 0.2) is 10.8 Å². The molecule has 7 nitrogen and oxygen atoms in total. The number of pyridine rings is 1. The van der Waals surface area contributed by atoms with E-state index in [0.29, 0.717) is 17.4 Å². The van der Waals surface area contributed by atoms with Crippen molar-refractivity contribution in [1.82, 2.24) is 24.0 Å². The molecule has 128 valence electrons. The van der Waals surface area contributed by atoms with Crippen molar-refractivity contribution in [3.63, 3.8) is 0 Å². The smallest absolute Gasteiger partial charge is 0.349 e. The van der Waals surface area contributed by atoms with Crippen molar-refractivity contribution in [2.45, 2.75) is 18.7 Å². The summed E-state index contributed by atoms with van der Waals surface area (Å²) in [5.41, 5.74) is 0.646. The summed E-state index contributed by atoms with van der Waals surface area (Å²) >= 11 is 1.89. The van der Waals surface area contributed by atoms with Gasteiger partial charge in [-0.1, -0.05) is 24.8 Å². The molecule has 0 radical (unpaired) electrons. The van der Waals surface area contributed by atoms with E-state index in [0.717, 1.165) is 39.3 Å². The predicted molar refractivity (Wildman–Crippen MR) is 96.8 cm³/mol. The minimum Gasteiger partial charge on any atom is -0.349 e. The summed E-state index contributed by atoms with van der Waals surface area (Å²) in [4.78, 5) is 21.7.